The minimum absolute atomic E-state index is 0.491. The van der Waals surface area contributed by atoms with Crippen LogP contribution in [0.2, 0.25) is 5.02 Å². The lowest BCUT2D eigenvalue weighted by atomic mass is 9.71. The van der Waals surface area contributed by atoms with Crippen LogP contribution in [0.5, 0.6) is 0 Å². The van der Waals surface area contributed by atoms with E-state index in [0.717, 1.165) is 24.0 Å². The molecule has 1 aromatic heterocycles. The third-order valence-electron chi connectivity index (χ3n) is 4.59. The summed E-state index contributed by atoms with van der Waals surface area (Å²) in [7, 11) is 0. The lowest BCUT2D eigenvalue weighted by molar-refractivity contribution is 0.222. The van der Waals surface area contributed by atoms with Gasteiger partial charge < -0.3 is 5.73 Å². The molecule has 3 nitrogen and oxygen atoms in total. The molecule has 19 heavy (non-hydrogen) atoms. The SMILES string of the molecule is CCCC1CCC(CN)C(c2c(Cl)cnn2CC)C1. The highest BCUT2D eigenvalue weighted by Crippen LogP contribution is 2.43. The molecule has 3 unspecified atom stereocenters. The van der Waals surface area contributed by atoms with Gasteiger partial charge in [-0.05, 0) is 38.1 Å². The summed E-state index contributed by atoms with van der Waals surface area (Å²) < 4.78 is 2.06. The standard InChI is InChI=1S/C15H26ClN3/c1-3-5-11-6-7-12(9-17)13(8-11)15-14(16)10-18-19(15)4-2/h10-13H,3-9,17H2,1-2H3. The van der Waals surface area contributed by atoms with Crippen molar-refractivity contribution in [3.05, 3.63) is 16.9 Å². The van der Waals surface area contributed by atoms with Gasteiger partial charge in [-0.3, -0.25) is 4.68 Å². The molecule has 1 aliphatic carbocycles. The van der Waals surface area contributed by atoms with Gasteiger partial charge in [-0.25, -0.2) is 0 Å². The van der Waals surface area contributed by atoms with Crippen molar-refractivity contribution in [3.63, 3.8) is 0 Å². The first-order valence-corrected chi connectivity index (χ1v) is 8.00. The van der Waals surface area contributed by atoms with Gasteiger partial charge in [0, 0.05) is 12.5 Å². The molecule has 1 saturated carbocycles. The van der Waals surface area contributed by atoms with Crippen molar-refractivity contribution in [3.8, 4) is 0 Å². The van der Waals surface area contributed by atoms with Gasteiger partial charge in [-0.1, -0.05) is 37.8 Å². The number of rotatable bonds is 5. The quantitative estimate of drug-likeness (QED) is 0.893. The molecule has 1 aliphatic rings. The molecule has 2 rings (SSSR count). The molecule has 0 aliphatic heterocycles. The number of halogens is 1. The van der Waals surface area contributed by atoms with E-state index >= 15 is 0 Å². The van der Waals surface area contributed by atoms with Gasteiger partial charge in [-0.2, -0.15) is 5.10 Å². The highest BCUT2D eigenvalue weighted by molar-refractivity contribution is 6.31. The van der Waals surface area contributed by atoms with Crippen molar-refractivity contribution in [1.29, 1.82) is 0 Å². The summed E-state index contributed by atoms with van der Waals surface area (Å²) in [4.78, 5) is 0. The van der Waals surface area contributed by atoms with Crippen LogP contribution in [0.4, 0.5) is 0 Å². The van der Waals surface area contributed by atoms with Gasteiger partial charge in [0.05, 0.1) is 16.9 Å². The molecule has 1 heterocycles. The molecule has 0 radical (unpaired) electrons. The van der Waals surface area contributed by atoms with Gasteiger partial charge in [0.2, 0.25) is 0 Å². The second kappa shape index (κ2) is 6.76. The van der Waals surface area contributed by atoms with Crippen molar-refractivity contribution >= 4 is 11.6 Å². The first-order valence-electron chi connectivity index (χ1n) is 7.62. The Morgan fingerprint density at radius 1 is 1.42 bits per heavy atom. The van der Waals surface area contributed by atoms with Gasteiger partial charge in [0.1, 0.15) is 0 Å². The van der Waals surface area contributed by atoms with Crippen LogP contribution < -0.4 is 5.73 Å². The first kappa shape index (κ1) is 14.9. The number of nitrogens with zero attached hydrogens (tertiary/aromatic N) is 2. The number of hydrogen-bond acceptors (Lipinski definition) is 2. The number of hydrogen-bond donors (Lipinski definition) is 1. The molecule has 1 aromatic rings. The molecule has 4 heteroatoms. The molecule has 0 saturated heterocycles. The Kier molecular flexibility index (Phi) is 5.28. The molecule has 2 N–H and O–H groups in total. The van der Waals surface area contributed by atoms with Crippen molar-refractivity contribution in [2.75, 3.05) is 6.54 Å². The maximum absolute atomic E-state index is 6.38. The fourth-order valence-electron chi connectivity index (χ4n) is 3.60. The molecular weight excluding hydrogens is 258 g/mol. The zero-order valence-corrected chi connectivity index (χ0v) is 12.9. The molecule has 1 fully saturated rings. The average molecular weight is 284 g/mol. The number of aryl methyl sites for hydroxylation is 1. The van der Waals surface area contributed by atoms with E-state index < -0.39 is 0 Å². The predicted octanol–water partition coefficient (Wildman–Crippen LogP) is 3.82. The lowest BCUT2D eigenvalue weighted by Crippen LogP contribution is -2.30. The Bertz CT molecular complexity index is 402. The van der Waals surface area contributed by atoms with Crippen LogP contribution in [0, 0.1) is 11.8 Å². The molecule has 3 atom stereocenters. The van der Waals surface area contributed by atoms with E-state index in [9.17, 15) is 0 Å². The summed E-state index contributed by atoms with van der Waals surface area (Å²) in [5.74, 6) is 1.88. The van der Waals surface area contributed by atoms with Crippen molar-refractivity contribution in [2.45, 2.75) is 58.4 Å². The average Bonchev–Trinajstić information content (AvgIpc) is 2.80. The highest BCUT2D eigenvalue weighted by atomic mass is 35.5. The smallest absolute Gasteiger partial charge is 0.0820 e. The van der Waals surface area contributed by atoms with Crippen LogP contribution in [0.1, 0.15) is 57.6 Å². The van der Waals surface area contributed by atoms with Crippen molar-refractivity contribution in [1.82, 2.24) is 9.78 Å². The summed E-state index contributed by atoms with van der Waals surface area (Å²) in [5.41, 5.74) is 7.21. The summed E-state index contributed by atoms with van der Waals surface area (Å²) in [6, 6.07) is 0. The summed E-state index contributed by atoms with van der Waals surface area (Å²) >= 11 is 6.38. The lowest BCUT2D eigenvalue weighted by Gasteiger charge is -2.36. The Balaban J connectivity index is 2.24. The van der Waals surface area contributed by atoms with Crippen molar-refractivity contribution < 1.29 is 0 Å². The minimum atomic E-state index is 0.491. The molecule has 108 valence electrons. The monoisotopic (exact) mass is 283 g/mol. The van der Waals surface area contributed by atoms with Gasteiger partial charge in [-0.15, -0.1) is 0 Å². The van der Waals surface area contributed by atoms with Gasteiger partial charge in [0.25, 0.3) is 0 Å². The van der Waals surface area contributed by atoms with E-state index in [-0.39, 0.29) is 0 Å². The summed E-state index contributed by atoms with van der Waals surface area (Å²) in [5, 5.41) is 5.21. The van der Waals surface area contributed by atoms with Gasteiger partial charge in [0.15, 0.2) is 0 Å². The topological polar surface area (TPSA) is 43.8 Å². The Hall–Kier alpha value is -0.540. The van der Waals surface area contributed by atoms with Crippen LogP contribution in [-0.4, -0.2) is 16.3 Å². The first-order chi connectivity index (χ1) is 9.21. The van der Waals surface area contributed by atoms with Gasteiger partial charge >= 0.3 is 0 Å². The third kappa shape index (κ3) is 3.14. The van der Waals surface area contributed by atoms with E-state index in [2.05, 4.69) is 23.6 Å². The zero-order chi connectivity index (χ0) is 13.8. The molecule has 0 amide bonds. The van der Waals surface area contributed by atoms with E-state index in [0.29, 0.717) is 11.8 Å². The third-order valence-corrected chi connectivity index (χ3v) is 4.88. The van der Waals surface area contributed by atoms with Crippen molar-refractivity contribution in [2.24, 2.45) is 17.6 Å². The predicted molar refractivity (Wildman–Crippen MR) is 80.4 cm³/mol. The van der Waals surface area contributed by atoms with Crippen LogP contribution >= 0.6 is 11.6 Å². The second-order valence-electron chi connectivity index (χ2n) is 5.76. The van der Waals surface area contributed by atoms with E-state index in [4.69, 9.17) is 17.3 Å². The summed E-state index contributed by atoms with van der Waals surface area (Å²) in [6.07, 6.45) is 8.16. The molecule has 0 bridgehead atoms. The number of aromatic nitrogens is 2. The highest BCUT2D eigenvalue weighted by Gasteiger charge is 2.33. The maximum Gasteiger partial charge on any atom is 0.0820 e. The Morgan fingerprint density at radius 3 is 2.84 bits per heavy atom. The van der Waals surface area contributed by atoms with E-state index in [1.54, 1.807) is 6.20 Å². The second-order valence-corrected chi connectivity index (χ2v) is 6.17. The Labute approximate surface area is 121 Å². The summed E-state index contributed by atoms with van der Waals surface area (Å²) in [6.45, 7) is 6.03. The largest absolute Gasteiger partial charge is 0.330 e. The molecule has 0 aromatic carbocycles. The van der Waals surface area contributed by atoms with Crippen LogP contribution in [-0.2, 0) is 6.54 Å². The van der Waals surface area contributed by atoms with E-state index in [1.807, 2.05) is 0 Å². The maximum atomic E-state index is 6.38. The fourth-order valence-corrected chi connectivity index (χ4v) is 3.88. The molecule has 0 spiro atoms. The van der Waals surface area contributed by atoms with Crippen LogP contribution in [0.25, 0.3) is 0 Å². The van der Waals surface area contributed by atoms with Crippen LogP contribution in [0.15, 0.2) is 6.20 Å². The normalized spacial score (nSPS) is 27.7. The fraction of sp³-hybridized carbons (Fsp3) is 0.800. The minimum Gasteiger partial charge on any atom is -0.330 e. The van der Waals surface area contributed by atoms with E-state index in [1.165, 1.54) is 37.8 Å². The zero-order valence-electron chi connectivity index (χ0n) is 12.1. The Morgan fingerprint density at radius 2 is 2.21 bits per heavy atom. The number of nitrogens with two attached hydrogens (primary N) is 1. The van der Waals surface area contributed by atoms with Crippen LogP contribution in [0.3, 0.4) is 0 Å². The molecular formula is C15H26ClN3.